The Labute approximate surface area is 157 Å². The van der Waals surface area contributed by atoms with E-state index < -0.39 is 11.9 Å². The maximum absolute atomic E-state index is 13.4. The Balaban J connectivity index is 1.64. The zero-order valence-corrected chi connectivity index (χ0v) is 15.4. The molecule has 6 heteroatoms. The zero-order valence-electron chi connectivity index (χ0n) is 14.7. The van der Waals surface area contributed by atoms with E-state index in [4.69, 9.17) is 16.3 Å². The van der Waals surface area contributed by atoms with Crippen molar-refractivity contribution >= 4 is 23.4 Å². The summed E-state index contributed by atoms with van der Waals surface area (Å²) >= 11 is 5.88. The second-order valence-electron chi connectivity index (χ2n) is 6.45. The van der Waals surface area contributed by atoms with E-state index in [1.807, 2.05) is 18.2 Å². The van der Waals surface area contributed by atoms with Gasteiger partial charge in [0.2, 0.25) is 0 Å². The lowest BCUT2D eigenvalue weighted by atomic mass is 10.0. The minimum Gasteiger partial charge on any atom is -0.449 e. The fourth-order valence-corrected chi connectivity index (χ4v) is 3.36. The van der Waals surface area contributed by atoms with Crippen molar-refractivity contribution in [2.45, 2.75) is 13.3 Å². The molecule has 1 saturated heterocycles. The third kappa shape index (κ3) is 4.54. The van der Waals surface area contributed by atoms with Crippen LogP contribution in [0.2, 0.25) is 5.02 Å². The standard InChI is InChI=1S/C20H22ClFN2O2/c1-2-24-10-9-14(12-24)13-26-20(25)23-19-6-4-3-5-16(19)15-7-8-18(22)17(21)11-15/h3-8,11,14H,2,9-10,12-13H2,1H3,(H,23,25). The number of rotatable bonds is 5. The van der Waals surface area contributed by atoms with Crippen LogP contribution in [0.5, 0.6) is 0 Å². The summed E-state index contributed by atoms with van der Waals surface area (Å²) in [7, 11) is 0. The molecule has 1 unspecified atom stereocenters. The number of nitrogens with zero attached hydrogens (tertiary/aromatic N) is 1. The lowest BCUT2D eigenvalue weighted by molar-refractivity contribution is 0.141. The van der Waals surface area contributed by atoms with Crippen LogP contribution >= 0.6 is 11.6 Å². The van der Waals surface area contributed by atoms with E-state index in [0.29, 0.717) is 18.2 Å². The van der Waals surface area contributed by atoms with Gasteiger partial charge in [-0.15, -0.1) is 0 Å². The first kappa shape index (κ1) is 18.7. The van der Waals surface area contributed by atoms with E-state index in [0.717, 1.165) is 37.2 Å². The van der Waals surface area contributed by atoms with Crippen molar-refractivity contribution in [1.82, 2.24) is 4.90 Å². The quantitative estimate of drug-likeness (QED) is 0.795. The highest BCUT2D eigenvalue weighted by atomic mass is 35.5. The predicted molar refractivity (Wildman–Crippen MR) is 102 cm³/mol. The van der Waals surface area contributed by atoms with Crippen molar-refractivity contribution in [1.29, 1.82) is 0 Å². The molecule has 0 aromatic heterocycles. The SMILES string of the molecule is CCN1CCC(COC(=O)Nc2ccccc2-c2ccc(F)c(Cl)c2)C1. The molecule has 2 aromatic carbocycles. The second-order valence-corrected chi connectivity index (χ2v) is 6.85. The van der Waals surface area contributed by atoms with Crippen LogP contribution in [-0.4, -0.2) is 37.2 Å². The Bertz CT molecular complexity index is 784. The van der Waals surface area contributed by atoms with Crippen molar-refractivity contribution in [3.8, 4) is 11.1 Å². The molecule has 1 amide bonds. The normalized spacial score (nSPS) is 17.3. The van der Waals surface area contributed by atoms with Gasteiger partial charge in [-0.2, -0.15) is 0 Å². The van der Waals surface area contributed by atoms with E-state index >= 15 is 0 Å². The van der Waals surface area contributed by atoms with Gasteiger partial charge in [-0.25, -0.2) is 9.18 Å². The van der Waals surface area contributed by atoms with Crippen LogP contribution in [0.1, 0.15) is 13.3 Å². The van der Waals surface area contributed by atoms with Crippen LogP contribution < -0.4 is 5.32 Å². The number of hydrogen-bond donors (Lipinski definition) is 1. The van der Waals surface area contributed by atoms with E-state index in [1.54, 1.807) is 18.2 Å². The summed E-state index contributed by atoms with van der Waals surface area (Å²) < 4.78 is 18.8. The molecule has 2 aromatic rings. The summed E-state index contributed by atoms with van der Waals surface area (Å²) in [5, 5.41) is 2.82. The Morgan fingerprint density at radius 2 is 2.15 bits per heavy atom. The van der Waals surface area contributed by atoms with Crippen LogP contribution in [0.15, 0.2) is 42.5 Å². The number of benzene rings is 2. The monoisotopic (exact) mass is 376 g/mol. The number of hydrogen-bond acceptors (Lipinski definition) is 3. The molecule has 0 spiro atoms. The van der Waals surface area contributed by atoms with Crippen molar-refractivity contribution in [3.05, 3.63) is 53.3 Å². The van der Waals surface area contributed by atoms with Gasteiger partial charge in [0.05, 0.1) is 17.3 Å². The number of para-hydroxylation sites is 1. The van der Waals surface area contributed by atoms with Gasteiger partial charge in [-0.3, -0.25) is 5.32 Å². The fraction of sp³-hybridized carbons (Fsp3) is 0.350. The molecule has 3 rings (SSSR count). The molecule has 26 heavy (non-hydrogen) atoms. The molecule has 138 valence electrons. The summed E-state index contributed by atoms with van der Waals surface area (Å²) in [5.74, 6) is -0.0928. The molecular weight excluding hydrogens is 355 g/mol. The first-order valence-corrected chi connectivity index (χ1v) is 9.15. The van der Waals surface area contributed by atoms with E-state index in [9.17, 15) is 9.18 Å². The lowest BCUT2D eigenvalue weighted by Gasteiger charge is -2.15. The van der Waals surface area contributed by atoms with Crippen molar-refractivity contribution in [2.24, 2.45) is 5.92 Å². The van der Waals surface area contributed by atoms with E-state index in [1.165, 1.54) is 6.07 Å². The van der Waals surface area contributed by atoms with Gasteiger partial charge in [0, 0.05) is 18.0 Å². The molecule has 0 aliphatic carbocycles. The maximum atomic E-state index is 13.4. The molecule has 1 N–H and O–H groups in total. The van der Waals surface area contributed by atoms with E-state index in [2.05, 4.69) is 17.1 Å². The van der Waals surface area contributed by atoms with Crippen molar-refractivity contribution in [3.63, 3.8) is 0 Å². The molecule has 1 aliphatic rings. The van der Waals surface area contributed by atoms with Gasteiger partial charge >= 0.3 is 6.09 Å². The molecule has 4 nitrogen and oxygen atoms in total. The number of carbonyl (C=O) groups excluding carboxylic acids is 1. The highest BCUT2D eigenvalue weighted by molar-refractivity contribution is 6.31. The van der Waals surface area contributed by atoms with Gasteiger partial charge in [0.15, 0.2) is 0 Å². The maximum Gasteiger partial charge on any atom is 0.411 e. The van der Waals surface area contributed by atoms with Crippen LogP contribution in [0, 0.1) is 11.7 Å². The molecule has 1 atom stereocenters. The molecule has 0 saturated carbocycles. The van der Waals surface area contributed by atoms with Crippen molar-refractivity contribution in [2.75, 3.05) is 31.6 Å². The van der Waals surface area contributed by atoms with Gasteiger partial charge < -0.3 is 9.64 Å². The van der Waals surface area contributed by atoms with Gasteiger partial charge in [-0.1, -0.05) is 42.8 Å². The Morgan fingerprint density at radius 1 is 1.35 bits per heavy atom. The van der Waals surface area contributed by atoms with Gasteiger partial charge in [0.1, 0.15) is 5.82 Å². The summed E-state index contributed by atoms with van der Waals surface area (Å²) in [6, 6.07) is 11.8. The summed E-state index contributed by atoms with van der Waals surface area (Å²) in [5.41, 5.74) is 2.08. The third-order valence-corrected chi connectivity index (χ3v) is 4.95. The second kappa shape index (κ2) is 8.52. The minimum absolute atomic E-state index is 0.0431. The zero-order chi connectivity index (χ0) is 18.5. The van der Waals surface area contributed by atoms with E-state index in [-0.39, 0.29) is 5.02 Å². The number of nitrogens with one attached hydrogen (secondary N) is 1. The molecule has 0 radical (unpaired) electrons. The largest absolute Gasteiger partial charge is 0.449 e. The van der Waals surface area contributed by atoms with Crippen LogP contribution in [0.4, 0.5) is 14.9 Å². The number of carbonyl (C=O) groups is 1. The number of ether oxygens (including phenoxy) is 1. The number of halogens is 2. The molecule has 1 heterocycles. The summed E-state index contributed by atoms with van der Waals surface area (Å²) in [6.45, 7) is 5.59. The lowest BCUT2D eigenvalue weighted by Crippen LogP contribution is -2.23. The Kier molecular flexibility index (Phi) is 6.12. The highest BCUT2D eigenvalue weighted by Gasteiger charge is 2.22. The van der Waals surface area contributed by atoms with Crippen LogP contribution in [0.25, 0.3) is 11.1 Å². The Hall–Kier alpha value is -2.11. The van der Waals surface area contributed by atoms with Gasteiger partial charge in [0.25, 0.3) is 0 Å². The van der Waals surface area contributed by atoms with Crippen molar-refractivity contribution < 1.29 is 13.9 Å². The summed E-state index contributed by atoms with van der Waals surface area (Å²) in [4.78, 5) is 14.5. The molecule has 1 fully saturated rings. The van der Waals surface area contributed by atoms with Crippen LogP contribution in [0.3, 0.4) is 0 Å². The average Bonchev–Trinajstić information content (AvgIpc) is 3.11. The topological polar surface area (TPSA) is 41.6 Å². The number of amides is 1. The highest BCUT2D eigenvalue weighted by Crippen LogP contribution is 2.30. The number of likely N-dealkylation sites (tertiary alicyclic amines) is 1. The Morgan fingerprint density at radius 3 is 2.88 bits per heavy atom. The average molecular weight is 377 g/mol. The third-order valence-electron chi connectivity index (χ3n) is 4.66. The molecule has 1 aliphatic heterocycles. The summed E-state index contributed by atoms with van der Waals surface area (Å²) in [6.07, 6.45) is 0.562. The molecular formula is C20H22ClFN2O2. The molecule has 0 bridgehead atoms. The van der Waals surface area contributed by atoms with Crippen LogP contribution in [-0.2, 0) is 4.74 Å². The predicted octanol–water partition coefficient (Wildman–Crippen LogP) is 5.04. The first-order valence-electron chi connectivity index (χ1n) is 8.77. The first-order chi connectivity index (χ1) is 12.6. The van der Waals surface area contributed by atoms with Gasteiger partial charge in [-0.05, 0) is 43.3 Å². The number of anilines is 1. The minimum atomic E-state index is -0.486. The smallest absolute Gasteiger partial charge is 0.411 e. The fourth-order valence-electron chi connectivity index (χ4n) is 3.18.